The molecule has 2 bridgehead atoms. The summed E-state index contributed by atoms with van der Waals surface area (Å²) in [5.74, 6) is 1.53. The number of aliphatic hydroxyl groups is 1. The van der Waals surface area contributed by atoms with Crippen LogP contribution in [-0.4, -0.2) is 17.6 Å². The van der Waals surface area contributed by atoms with Crippen molar-refractivity contribution >= 4 is 23.3 Å². The first kappa shape index (κ1) is 16.5. The van der Waals surface area contributed by atoms with Crippen molar-refractivity contribution in [2.75, 3.05) is 6.54 Å². The van der Waals surface area contributed by atoms with Gasteiger partial charge in [0.15, 0.2) is 0 Å². The highest BCUT2D eigenvalue weighted by Gasteiger charge is 2.50. The Morgan fingerprint density at radius 2 is 2.35 bits per heavy atom. The maximum atomic E-state index is 11.9. The second-order valence-corrected chi connectivity index (χ2v) is 8.15. The third kappa shape index (κ3) is 3.43. The Morgan fingerprint density at radius 3 is 3.00 bits per heavy atom. The number of rotatable bonds is 6. The van der Waals surface area contributed by atoms with Crippen molar-refractivity contribution in [3.05, 3.63) is 39.6 Å². The molecule has 0 aromatic carbocycles. The highest BCUT2D eigenvalue weighted by Crippen LogP contribution is 2.59. The molecular weight excluding hydrogens is 306 g/mol. The van der Waals surface area contributed by atoms with Gasteiger partial charge in [-0.25, -0.2) is 0 Å². The highest BCUT2D eigenvalue weighted by molar-refractivity contribution is 7.11. The molecule has 1 heterocycles. The Balaban J connectivity index is 1.44. The fourth-order valence-electron chi connectivity index (χ4n) is 3.87. The Bertz CT molecular complexity index is 642. The summed E-state index contributed by atoms with van der Waals surface area (Å²) in [4.78, 5) is 12.9. The van der Waals surface area contributed by atoms with Crippen molar-refractivity contribution in [1.82, 2.24) is 5.32 Å². The zero-order valence-corrected chi connectivity index (χ0v) is 14.7. The van der Waals surface area contributed by atoms with Crippen molar-refractivity contribution in [1.29, 1.82) is 0 Å². The van der Waals surface area contributed by atoms with E-state index in [1.807, 2.05) is 11.4 Å². The number of nitrogens with one attached hydrogen (secondary N) is 1. The Morgan fingerprint density at radius 1 is 1.52 bits per heavy atom. The fourth-order valence-corrected chi connectivity index (χ4v) is 4.67. The minimum atomic E-state index is -0.0499. The maximum Gasteiger partial charge on any atom is 0.244 e. The quantitative estimate of drug-likeness (QED) is 0.616. The number of hydrogen-bond donors (Lipinski definition) is 2. The molecule has 1 fully saturated rings. The number of carbonyl (C=O) groups is 1. The Kier molecular flexibility index (Phi) is 4.74. The first-order valence-corrected chi connectivity index (χ1v) is 9.21. The monoisotopic (exact) mass is 331 g/mol. The van der Waals surface area contributed by atoms with E-state index in [-0.39, 0.29) is 12.5 Å². The topological polar surface area (TPSA) is 49.3 Å². The lowest BCUT2D eigenvalue weighted by molar-refractivity contribution is -0.116. The van der Waals surface area contributed by atoms with Crippen LogP contribution in [0.15, 0.2) is 29.2 Å². The summed E-state index contributed by atoms with van der Waals surface area (Å²) < 4.78 is 0. The lowest BCUT2D eigenvalue weighted by Crippen LogP contribution is -2.48. The lowest BCUT2D eigenvalue weighted by atomic mass is 9.48. The smallest absolute Gasteiger partial charge is 0.244 e. The van der Waals surface area contributed by atoms with Crippen molar-refractivity contribution in [2.45, 2.75) is 39.7 Å². The number of fused-ring (bicyclic) bond motifs is 1. The molecule has 124 valence electrons. The van der Waals surface area contributed by atoms with Crippen molar-refractivity contribution in [2.24, 2.45) is 17.3 Å². The number of amides is 1. The summed E-state index contributed by atoms with van der Waals surface area (Å²) in [5.41, 5.74) is 2.88. The van der Waals surface area contributed by atoms with Gasteiger partial charge in [-0.1, -0.05) is 25.5 Å². The molecule has 2 N–H and O–H groups in total. The van der Waals surface area contributed by atoms with E-state index in [9.17, 15) is 4.79 Å². The second kappa shape index (κ2) is 6.62. The first-order chi connectivity index (χ1) is 11.0. The molecule has 0 aliphatic heterocycles. The van der Waals surface area contributed by atoms with Crippen LogP contribution in [0.2, 0.25) is 0 Å². The minimum absolute atomic E-state index is 0.0457. The molecule has 23 heavy (non-hydrogen) atoms. The van der Waals surface area contributed by atoms with Crippen LogP contribution < -0.4 is 5.32 Å². The zero-order valence-electron chi connectivity index (χ0n) is 13.8. The van der Waals surface area contributed by atoms with Crippen LogP contribution >= 0.6 is 11.3 Å². The first-order valence-electron chi connectivity index (χ1n) is 8.34. The molecule has 3 aliphatic carbocycles. The van der Waals surface area contributed by atoms with Crippen LogP contribution in [0.1, 0.15) is 43.6 Å². The predicted octanol–water partition coefficient (Wildman–Crippen LogP) is 3.75. The summed E-state index contributed by atoms with van der Waals surface area (Å²) in [5, 5.41) is 13.9. The van der Waals surface area contributed by atoms with Gasteiger partial charge in [-0.2, -0.15) is 0 Å². The van der Waals surface area contributed by atoms with Gasteiger partial charge in [0, 0.05) is 17.5 Å². The van der Waals surface area contributed by atoms with Gasteiger partial charge in [-0.3, -0.25) is 4.79 Å². The normalized spacial score (nSPS) is 25.1. The molecule has 1 saturated carbocycles. The van der Waals surface area contributed by atoms with E-state index < -0.39 is 0 Å². The molecule has 0 saturated heterocycles. The molecule has 0 spiro atoms. The van der Waals surface area contributed by atoms with E-state index >= 15 is 0 Å². The largest absolute Gasteiger partial charge is 0.392 e. The molecule has 1 aromatic heterocycles. The zero-order chi connectivity index (χ0) is 16.4. The van der Waals surface area contributed by atoms with Crippen molar-refractivity contribution in [3.63, 3.8) is 0 Å². The maximum absolute atomic E-state index is 11.9. The number of aliphatic hydroxyl groups excluding tert-OH is 1. The van der Waals surface area contributed by atoms with Crippen LogP contribution in [0.4, 0.5) is 0 Å². The predicted molar refractivity (Wildman–Crippen MR) is 95.0 cm³/mol. The third-order valence-electron chi connectivity index (χ3n) is 5.55. The minimum Gasteiger partial charge on any atom is -0.392 e. The van der Waals surface area contributed by atoms with Crippen LogP contribution in [-0.2, 0) is 11.4 Å². The van der Waals surface area contributed by atoms with Crippen LogP contribution in [0, 0.1) is 17.3 Å². The van der Waals surface area contributed by atoms with Crippen LogP contribution in [0.25, 0.3) is 6.08 Å². The molecule has 2 atom stereocenters. The lowest BCUT2D eigenvalue weighted by Gasteiger charge is -2.56. The van der Waals surface area contributed by atoms with Crippen molar-refractivity contribution < 1.29 is 9.90 Å². The van der Waals surface area contributed by atoms with E-state index in [0.29, 0.717) is 12.0 Å². The van der Waals surface area contributed by atoms with E-state index in [2.05, 4.69) is 25.2 Å². The van der Waals surface area contributed by atoms with E-state index in [4.69, 9.17) is 5.11 Å². The fraction of sp³-hybridized carbons (Fsp3) is 0.526. The number of allylic oxidation sites excluding steroid dienone is 1. The standard InChI is InChI=1S/C19H25NO2S/c1-19(2)15-4-3-14(17(19)10-15)7-8-20-18(22)6-5-16-9-13(11-21)12-23-16/h3,5-6,9,12,15,17,21H,4,7-8,10-11H2,1-2H3,(H,20,22)/t15-,17-/m0/s1. The molecule has 1 aromatic rings. The third-order valence-corrected chi connectivity index (χ3v) is 6.50. The van der Waals surface area contributed by atoms with Gasteiger partial charge in [0.2, 0.25) is 5.91 Å². The van der Waals surface area contributed by atoms with Crippen LogP contribution in [0.3, 0.4) is 0 Å². The van der Waals surface area contributed by atoms with Crippen molar-refractivity contribution in [3.8, 4) is 0 Å². The van der Waals surface area contributed by atoms with E-state index in [1.54, 1.807) is 12.2 Å². The van der Waals surface area contributed by atoms with Gasteiger partial charge in [0.25, 0.3) is 0 Å². The van der Waals surface area contributed by atoms with E-state index in [0.717, 1.165) is 28.7 Å². The molecule has 0 radical (unpaired) electrons. The van der Waals surface area contributed by atoms with Gasteiger partial charge in [-0.05, 0) is 59.6 Å². The summed E-state index contributed by atoms with van der Waals surface area (Å²) in [6.07, 6.45) is 9.28. The molecule has 4 rings (SSSR count). The van der Waals surface area contributed by atoms with Crippen LogP contribution in [0.5, 0.6) is 0 Å². The molecule has 4 heteroatoms. The second-order valence-electron chi connectivity index (χ2n) is 7.21. The Labute approximate surface area is 142 Å². The number of hydrogen-bond acceptors (Lipinski definition) is 3. The summed E-state index contributed by atoms with van der Waals surface area (Å²) in [7, 11) is 0. The molecule has 1 amide bonds. The average Bonchev–Trinajstić information content (AvgIpc) is 3.01. The van der Waals surface area contributed by atoms with Gasteiger partial charge < -0.3 is 10.4 Å². The number of thiophene rings is 1. The Hall–Kier alpha value is -1.39. The molecule has 0 unspecified atom stereocenters. The van der Waals surface area contributed by atoms with Gasteiger partial charge in [-0.15, -0.1) is 11.3 Å². The average molecular weight is 331 g/mol. The molecule has 3 aliphatic rings. The molecule has 3 nitrogen and oxygen atoms in total. The summed E-state index contributed by atoms with van der Waals surface area (Å²) in [6, 6.07) is 1.90. The van der Waals surface area contributed by atoms with E-state index in [1.165, 1.54) is 29.8 Å². The highest BCUT2D eigenvalue weighted by atomic mass is 32.1. The number of carbonyl (C=O) groups excluding carboxylic acids is 1. The van der Waals surface area contributed by atoms with Gasteiger partial charge >= 0.3 is 0 Å². The van der Waals surface area contributed by atoms with Gasteiger partial charge in [0.05, 0.1) is 6.61 Å². The summed E-state index contributed by atoms with van der Waals surface area (Å²) in [6.45, 7) is 5.51. The summed E-state index contributed by atoms with van der Waals surface area (Å²) >= 11 is 1.53. The van der Waals surface area contributed by atoms with Gasteiger partial charge in [0.1, 0.15) is 0 Å². The SMILES string of the molecule is CC1(C)[C@H]2CC=C(CCNC(=O)C=Cc3cc(CO)cs3)[C@@H]1C2. The molecular formula is C19H25NO2S.